The monoisotopic (exact) mass is 372 g/mol. The molecule has 0 bridgehead atoms. The summed E-state index contributed by atoms with van der Waals surface area (Å²) in [5.74, 6) is -2.05. The highest BCUT2D eigenvalue weighted by Gasteiger charge is 2.16. The molecule has 0 aromatic heterocycles. The van der Waals surface area contributed by atoms with Gasteiger partial charge in [-0.25, -0.2) is 4.79 Å². The minimum absolute atomic E-state index is 0.152. The number of anilines is 1. The normalized spacial score (nSPS) is 10.0. The van der Waals surface area contributed by atoms with E-state index in [1.807, 2.05) is 5.40 Å². The number of esters is 1. The highest BCUT2D eigenvalue weighted by Crippen LogP contribution is 2.27. The van der Waals surface area contributed by atoms with Crippen molar-refractivity contribution in [3.8, 4) is 16.9 Å². The van der Waals surface area contributed by atoms with Crippen molar-refractivity contribution < 1.29 is 24.5 Å². The summed E-state index contributed by atoms with van der Waals surface area (Å²) in [5.41, 5.74) is 1.99. The van der Waals surface area contributed by atoms with Crippen LogP contribution in [0.15, 0.2) is 35.2 Å². The van der Waals surface area contributed by atoms with E-state index in [2.05, 4.69) is 5.32 Å². The van der Waals surface area contributed by atoms with Crippen molar-refractivity contribution in [3.63, 3.8) is 0 Å². The second kappa shape index (κ2) is 8.27. The van der Waals surface area contributed by atoms with Crippen LogP contribution in [-0.4, -0.2) is 28.7 Å². The number of phenolic OH excluding ortho intramolecular Hbond substituents is 2. The van der Waals surface area contributed by atoms with E-state index in [-0.39, 0.29) is 11.3 Å². The summed E-state index contributed by atoms with van der Waals surface area (Å²) in [6.45, 7) is 3.06. The molecule has 0 aliphatic heterocycles. The van der Waals surface area contributed by atoms with Crippen LogP contribution < -0.4 is 5.32 Å². The Labute approximate surface area is 154 Å². The van der Waals surface area contributed by atoms with E-state index in [4.69, 9.17) is 10.00 Å². The highest BCUT2D eigenvalue weighted by atomic mass is 32.2. The van der Waals surface area contributed by atoms with Gasteiger partial charge in [-0.05, 0) is 61.0 Å². The molecule has 0 unspecified atom stereocenters. The number of amides is 1. The summed E-state index contributed by atoms with van der Waals surface area (Å²) in [4.78, 5) is 24.7. The molecule has 0 saturated carbocycles. The number of phenols is 2. The first-order valence-electron chi connectivity index (χ1n) is 7.48. The van der Waals surface area contributed by atoms with Crippen LogP contribution in [0.4, 0.5) is 5.69 Å². The van der Waals surface area contributed by atoms with Crippen molar-refractivity contribution >= 4 is 29.3 Å². The second-order valence-corrected chi connectivity index (χ2v) is 6.31. The first-order valence-corrected chi connectivity index (χ1v) is 8.29. The molecule has 2 rings (SSSR count). The van der Waals surface area contributed by atoms with Crippen molar-refractivity contribution in [1.29, 1.82) is 5.26 Å². The van der Waals surface area contributed by atoms with Gasteiger partial charge in [0.2, 0.25) is 0 Å². The van der Waals surface area contributed by atoms with E-state index in [9.17, 15) is 19.8 Å². The van der Waals surface area contributed by atoms with Crippen LogP contribution in [-0.2, 0) is 9.53 Å². The number of hydrogen-bond donors (Lipinski definition) is 3. The number of rotatable bonds is 5. The zero-order chi connectivity index (χ0) is 19.3. The minimum Gasteiger partial charge on any atom is -0.508 e. The fourth-order valence-electron chi connectivity index (χ4n) is 2.31. The lowest BCUT2D eigenvalue weighted by molar-refractivity contribution is -0.119. The SMILES string of the molecule is Cc1cc(SC#N)cc(C)c1NC(=O)COC(=O)c1ccc(O)cc1O. The Morgan fingerprint density at radius 1 is 1.19 bits per heavy atom. The van der Waals surface area contributed by atoms with E-state index >= 15 is 0 Å². The molecule has 2 aromatic carbocycles. The van der Waals surface area contributed by atoms with Gasteiger partial charge in [0.05, 0.1) is 0 Å². The van der Waals surface area contributed by atoms with Crippen molar-refractivity contribution in [2.24, 2.45) is 0 Å². The van der Waals surface area contributed by atoms with Crippen LogP contribution in [0.1, 0.15) is 21.5 Å². The number of ether oxygens (including phenoxy) is 1. The first kappa shape index (κ1) is 19.1. The van der Waals surface area contributed by atoms with Gasteiger partial charge in [0.25, 0.3) is 5.91 Å². The summed E-state index contributed by atoms with van der Waals surface area (Å²) in [5, 5.41) is 32.2. The summed E-state index contributed by atoms with van der Waals surface area (Å²) in [7, 11) is 0. The third-order valence-electron chi connectivity index (χ3n) is 3.47. The van der Waals surface area contributed by atoms with E-state index in [1.54, 1.807) is 26.0 Å². The molecule has 0 fully saturated rings. The van der Waals surface area contributed by atoms with Gasteiger partial charge in [0.15, 0.2) is 6.61 Å². The topological polar surface area (TPSA) is 120 Å². The number of benzene rings is 2. The first-order chi connectivity index (χ1) is 12.3. The molecule has 1 amide bonds. The number of carbonyl (C=O) groups excluding carboxylic acids is 2. The number of nitriles is 1. The minimum atomic E-state index is -0.883. The number of nitrogens with one attached hydrogen (secondary N) is 1. The van der Waals surface area contributed by atoms with Gasteiger partial charge in [-0.1, -0.05) is 0 Å². The molecule has 0 saturated heterocycles. The maximum absolute atomic E-state index is 12.1. The number of carbonyl (C=O) groups is 2. The summed E-state index contributed by atoms with van der Waals surface area (Å²) in [6, 6.07) is 6.98. The van der Waals surface area contributed by atoms with Crippen molar-refractivity contribution in [2.75, 3.05) is 11.9 Å². The van der Waals surface area contributed by atoms with Gasteiger partial charge in [0.1, 0.15) is 22.5 Å². The highest BCUT2D eigenvalue weighted by molar-refractivity contribution is 8.03. The third-order valence-corrected chi connectivity index (χ3v) is 4.03. The average Bonchev–Trinajstić information content (AvgIpc) is 2.56. The predicted molar refractivity (Wildman–Crippen MR) is 96.1 cm³/mol. The smallest absolute Gasteiger partial charge is 0.342 e. The number of nitrogens with zero attached hydrogens (tertiary/aromatic N) is 1. The Morgan fingerprint density at radius 3 is 2.42 bits per heavy atom. The number of aromatic hydroxyl groups is 2. The summed E-state index contributed by atoms with van der Waals surface area (Å²) in [6.07, 6.45) is 0. The lowest BCUT2D eigenvalue weighted by Crippen LogP contribution is -2.22. The van der Waals surface area contributed by atoms with Gasteiger partial charge >= 0.3 is 5.97 Å². The Bertz CT molecular complexity index is 882. The molecule has 7 nitrogen and oxygen atoms in total. The van der Waals surface area contributed by atoms with Crippen LogP contribution >= 0.6 is 11.8 Å². The molecule has 8 heteroatoms. The Kier molecular flexibility index (Phi) is 6.09. The quantitative estimate of drug-likeness (QED) is 0.419. The third kappa shape index (κ3) is 4.68. The van der Waals surface area contributed by atoms with Gasteiger partial charge in [0, 0.05) is 16.6 Å². The summed E-state index contributed by atoms with van der Waals surface area (Å²) >= 11 is 1.03. The molecule has 0 aliphatic rings. The van der Waals surface area contributed by atoms with E-state index in [1.165, 1.54) is 12.1 Å². The van der Waals surface area contributed by atoms with Crippen molar-refractivity contribution in [1.82, 2.24) is 0 Å². The average molecular weight is 372 g/mol. The molecule has 3 N–H and O–H groups in total. The molecular formula is C18H16N2O5S. The van der Waals surface area contributed by atoms with Crippen LogP contribution in [0, 0.1) is 24.5 Å². The molecule has 0 atom stereocenters. The molecule has 0 aliphatic carbocycles. The van der Waals surface area contributed by atoms with Crippen LogP contribution in [0.2, 0.25) is 0 Å². The molecule has 0 radical (unpaired) electrons. The van der Waals surface area contributed by atoms with Crippen molar-refractivity contribution in [3.05, 3.63) is 47.0 Å². The van der Waals surface area contributed by atoms with Gasteiger partial charge in [-0.2, -0.15) is 5.26 Å². The fourth-order valence-corrected chi connectivity index (χ4v) is 2.89. The predicted octanol–water partition coefficient (Wildman–Crippen LogP) is 3.08. The maximum Gasteiger partial charge on any atom is 0.342 e. The lowest BCUT2D eigenvalue weighted by Gasteiger charge is -2.13. The van der Waals surface area contributed by atoms with Crippen LogP contribution in [0.25, 0.3) is 0 Å². The zero-order valence-corrected chi connectivity index (χ0v) is 14.9. The number of thiocyanates is 1. The van der Waals surface area contributed by atoms with Gasteiger partial charge in [-0.3, -0.25) is 4.79 Å². The van der Waals surface area contributed by atoms with Gasteiger partial charge < -0.3 is 20.3 Å². The summed E-state index contributed by atoms with van der Waals surface area (Å²) < 4.78 is 4.89. The van der Waals surface area contributed by atoms with E-state index in [0.717, 1.165) is 33.9 Å². The van der Waals surface area contributed by atoms with E-state index < -0.39 is 24.2 Å². The largest absolute Gasteiger partial charge is 0.508 e. The van der Waals surface area contributed by atoms with E-state index in [0.29, 0.717) is 5.69 Å². The Hall–Kier alpha value is -3.18. The lowest BCUT2D eigenvalue weighted by atomic mass is 10.1. The maximum atomic E-state index is 12.1. The van der Waals surface area contributed by atoms with Gasteiger partial charge in [-0.15, -0.1) is 0 Å². The molecule has 0 heterocycles. The van der Waals surface area contributed by atoms with Crippen LogP contribution in [0.5, 0.6) is 11.5 Å². The molecule has 0 spiro atoms. The molecule has 26 heavy (non-hydrogen) atoms. The molecular weight excluding hydrogens is 356 g/mol. The Balaban J connectivity index is 2.01. The number of thioether (sulfide) groups is 1. The Morgan fingerprint density at radius 2 is 1.85 bits per heavy atom. The molecule has 2 aromatic rings. The second-order valence-electron chi connectivity index (χ2n) is 5.45. The number of hydrogen-bond acceptors (Lipinski definition) is 7. The fraction of sp³-hybridized carbons (Fsp3) is 0.167. The number of aryl methyl sites for hydroxylation is 2. The van der Waals surface area contributed by atoms with Crippen molar-refractivity contribution in [2.45, 2.75) is 18.7 Å². The molecule has 134 valence electrons. The van der Waals surface area contributed by atoms with Crippen LogP contribution in [0.3, 0.4) is 0 Å². The standard InChI is InChI=1S/C18H16N2O5S/c1-10-5-13(26-9-19)6-11(2)17(10)20-16(23)8-25-18(24)14-4-3-12(21)7-15(14)22/h3-7,21-22H,8H2,1-2H3,(H,20,23). The zero-order valence-electron chi connectivity index (χ0n) is 14.1.